The van der Waals surface area contributed by atoms with E-state index in [2.05, 4.69) is 130 Å². The Balaban J connectivity index is 4.36. The second-order valence-electron chi connectivity index (χ2n) is 18.8. The zero-order valence-corrected chi connectivity index (χ0v) is 45.5. The van der Waals surface area contributed by atoms with E-state index < -0.39 is 6.10 Å². The smallest absolute Gasteiger partial charge is 0.306 e. The Hall–Kier alpha value is -3.93. The zero-order chi connectivity index (χ0) is 50.7. The van der Waals surface area contributed by atoms with Gasteiger partial charge >= 0.3 is 17.9 Å². The van der Waals surface area contributed by atoms with Gasteiger partial charge in [0.25, 0.3) is 0 Å². The van der Waals surface area contributed by atoms with Gasteiger partial charge in [-0.2, -0.15) is 0 Å². The van der Waals surface area contributed by atoms with Gasteiger partial charge in [0.05, 0.1) is 0 Å². The lowest BCUT2D eigenvalue weighted by Crippen LogP contribution is -2.30. The minimum absolute atomic E-state index is 0.0958. The van der Waals surface area contributed by atoms with Gasteiger partial charge in [0.1, 0.15) is 13.2 Å². The summed E-state index contributed by atoms with van der Waals surface area (Å²) in [6.07, 6.45) is 78.0. The Morgan fingerprint density at radius 1 is 0.300 bits per heavy atom. The van der Waals surface area contributed by atoms with E-state index in [1.54, 1.807) is 0 Å². The molecule has 398 valence electrons. The molecule has 1 atom stereocenters. The third-order valence-electron chi connectivity index (χ3n) is 12.0. The number of hydrogen-bond acceptors (Lipinski definition) is 6. The molecule has 0 rings (SSSR count). The van der Waals surface area contributed by atoms with E-state index in [1.165, 1.54) is 96.3 Å². The summed E-state index contributed by atoms with van der Waals surface area (Å²) in [6.45, 7) is 6.37. The zero-order valence-electron chi connectivity index (χ0n) is 45.5. The summed E-state index contributed by atoms with van der Waals surface area (Å²) < 4.78 is 16.8. The third kappa shape index (κ3) is 55.0. The molecule has 0 aromatic rings. The molecule has 0 saturated carbocycles. The van der Waals surface area contributed by atoms with Gasteiger partial charge in [-0.05, 0) is 103 Å². The summed E-state index contributed by atoms with van der Waals surface area (Å²) in [4.78, 5) is 38.1. The number of allylic oxidation sites excluding steroid dienone is 18. The molecule has 0 aliphatic heterocycles. The SMILES string of the molecule is CC/C=C\C/C=C\C/C=C\C/C=C\C/C=C\CCCCCCCCCCCC(=O)OCC(COC(=O)CCCCCCCCCCCCCC)OC(=O)CCCC/C=C\C/C=C\C/C=C\C/C=C\CC. The predicted octanol–water partition coefficient (Wildman–Crippen LogP) is 19.5. The highest BCUT2D eigenvalue weighted by Gasteiger charge is 2.19. The van der Waals surface area contributed by atoms with Crippen LogP contribution in [-0.2, 0) is 28.6 Å². The van der Waals surface area contributed by atoms with Crippen molar-refractivity contribution in [1.29, 1.82) is 0 Å². The Kier molecular flexibility index (Phi) is 54.4. The van der Waals surface area contributed by atoms with Gasteiger partial charge in [-0.1, -0.05) is 246 Å². The summed E-state index contributed by atoms with van der Waals surface area (Å²) in [5.41, 5.74) is 0. The molecule has 0 spiro atoms. The van der Waals surface area contributed by atoms with Crippen LogP contribution in [0.2, 0.25) is 0 Å². The topological polar surface area (TPSA) is 78.9 Å². The highest BCUT2D eigenvalue weighted by molar-refractivity contribution is 5.71. The second kappa shape index (κ2) is 57.6. The molecule has 0 saturated heterocycles. The minimum atomic E-state index is -0.802. The number of hydrogen-bond donors (Lipinski definition) is 0. The molecule has 0 aliphatic carbocycles. The van der Waals surface area contributed by atoms with Crippen molar-refractivity contribution in [3.05, 3.63) is 109 Å². The number of carbonyl (C=O) groups is 3. The van der Waals surface area contributed by atoms with Crippen molar-refractivity contribution >= 4 is 17.9 Å². The maximum Gasteiger partial charge on any atom is 0.306 e. The van der Waals surface area contributed by atoms with E-state index in [-0.39, 0.29) is 37.5 Å². The fourth-order valence-corrected chi connectivity index (χ4v) is 7.75. The lowest BCUT2D eigenvalue weighted by atomic mass is 10.0. The summed E-state index contributed by atoms with van der Waals surface area (Å²) in [5.74, 6) is -0.943. The molecule has 1 unspecified atom stereocenters. The van der Waals surface area contributed by atoms with E-state index >= 15 is 0 Å². The van der Waals surface area contributed by atoms with Crippen molar-refractivity contribution in [2.45, 2.75) is 264 Å². The van der Waals surface area contributed by atoms with E-state index in [9.17, 15) is 14.4 Å². The van der Waals surface area contributed by atoms with Crippen molar-refractivity contribution in [1.82, 2.24) is 0 Å². The lowest BCUT2D eigenvalue weighted by molar-refractivity contribution is -0.167. The summed E-state index contributed by atoms with van der Waals surface area (Å²) in [6, 6.07) is 0. The fourth-order valence-electron chi connectivity index (χ4n) is 7.75. The number of carbonyl (C=O) groups excluding carboxylic acids is 3. The Labute approximate surface area is 431 Å². The Morgan fingerprint density at radius 3 is 0.900 bits per heavy atom. The van der Waals surface area contributed by atoms with Crippen molar-refractivity contribution in [3.8, 4) is 0 Å². The number of unbranched alkanes of at least 4 members (excludes halogenated alkanes) is 22. The van der Waals surface area contributed by atoms with Gasteiger partial charge < -0.3 is 14.2 Å². The van der Waals surface area contributed by atoms with Gasteiger partial charge in [0.2, 0.25) is 0 Å². The first-order valence-electron chi connectivity index (χ1n) is 28.9. The average Bonchev–Trinajstić information content (AvgIpc) is 3.36. The maximum atomic E-state index is 12.8. The summed E-state index contributed by atoms with van der Waals surface area (Å²) in [7, 11) is 0. The highest BCUT2D eigenvalue weighted by Crippen LogP contribution is 2.15. The molecule has 0 aliphatic rings. The summed E-state index contributed by atoms with van der Waals surface area (Å²) >= 11 is 0. The molecule has 0 amide bonds. The van der Waals surface area contributed by atoms with E-state index in [0.29, 0.717) is 19.3 Å². The van der Waals surface area contributed by atoms with Crippen LogP contribution in [-0.4, -0.2) is 37.2 Å². The molecular formula is C64H106O6. The van der Waals surface area contributed by atoms with Crippen LogP contribution in [0.1, 0.15) is 258 Å². The van der Waals surface area contributed by atoms with Crippen molar-refractivity contribution < 1.29 is 28.6 Å². The van der Waals surface area contributed by atoms with Gasteiger partial charge in [-0.25, -0.2) is 0 Å². The number of ether oxygens (including phenoxy) is 3. The molecule has 0 aromatic heterocycles. The minimum Gasteiger partial charge on any atom is -0.462 e. The van der Waals surface area contributed by atoms with Crippen molar-refractivity contribution in [2.24, 2.45) is 0 Å². The molecule has 0 N–H and O–H groups in total. The van der Waals surface area contributed by atoms with Crippen molar-refractivity contribution in [2.75, 3.05) is 13.2 Å². The second-order valence-corrected chi connectivity index (χ2v) is 18.8. The molecule has 70 heavy (non-hydrogen) atoms. The maximum absolute atomic E-state index is 12.8. The fraction of sp³-hybridized carbons (Fsp3) is 0.672. The lowest BCUT2D eigenvalue weighted by Gasteiger charge is -2.18. The average molecular weight is 972 g/mol. The molecular weight excluding hydrogens is 865 g/mol. The van der Waals surface area contributed by atoms with Crippen LogP contribution < -0.4 is 0 Å². The first-order chi connectivity index (χ1) is 34.5. The molecule has 6 heteroatoms. The van der Waals surface area contributed by atoms with Crippen LogP contribution >= 0.6 is 0 Å². The molecule has 0 radical (unpaired) electrons. The predicted molar refractivity (Wildman–Crippen MR) is 302 cm³/mol. The third-order valence-corrected chi connectivity index (χ3v) is 12.0. The van der Waals surface area contributed by atoms with Crippen LogP contribution in [0.4, 0.5) is 0 Å². The van der Waals surface area contributed by atoms with Gasteiger partial charge in [-0.15, -0.1) is 0 Å². The van der Waals surface area contributed by atoms with Gasteiger partial charge in [-0.3, -0.25) is 14.4 Å². The molecule has 0 bridgehead atoms. The van der Waals surface area contributed by atoms with Crippen molar-refractivity contribution in [3.63, 3.8) is 0 Å². The van der Waals surface area contributed by atoms with E-state index in [1.807, 2.05) is 0 Å². The highest BCUT2D eigenvalue weighted by atomic mass is 16.6. The van der Waals surface area contributed by atoms with Crippen LogP contribution in [0.3, 0.4) is 0 Å². The number of rotatable bonds is 51. The van der Waals surface area contributed by atoms with Crippen LogP contribution in [0.15, 0.2) is 109 Å². The molecule has 0 aromatic carbocycles. The van der Waals surface area contributed by atoms with E-state index in [0.717, 1.165) is 116 Å². The quantitative estimate of drug-likeness (QED) is 0.0262. The van der Waals surface area contributed by atoms with Crippen LogP contribution in [0.5, 0.6) is 0 Å². The van der Waals surface area contributed by atoms with E-state index in [4.69, 9.17) is 14.2 Å². The molecule has 0 fully saturated rings. The first kappa shape index (κ1) is 66.1. The molecule has 0 heterocycles. The monoisotopic (exact) mass is 971 g/mol. The standard InChI is InChI=1S/C64H106O6/c1-4-7-10-13-16-19-22-25-27-28-29-30-31-32-33-34-35-36-38-39-42-45-48-51-54-57-63(66)69-60-61(59-68-62(65)56-53-50-47-44-41-24-21-18-15-12-9-6-3)70-64(67)58-55-52-49-46-43-40-37-26-23-20-17-14-11-8-5-2/h7-8,10-11,16-17,19-20,25-27,29-30,32-33,37,43,46,61H,4-6,9,12-15,18,21-24,28,31,34-36,38-42,44-45,47-60H2,1-3H3/b10-7-,11-8-,19-16-,20-17-,27-25-,30-29-,33-32-,37-26-,46-43-. The van der Waals surface area contributed by atoms with Gasteiger partial charge in [0.15, 0.2) is 6.10 Å². The molecule has 6 nitrogen and oxygen atoms in total. The first-order valence-corrected chi connectivity index (χ1v) is 28.9. The summed E-state index contributed by atoms with van der Waals surface area (Å²) in [5, 5.41) is 0. The Morgan fingerprint density at radius 2 is 0.557 bits per heavy atom. The van der Waals surface area contributed by atoms with Crippen LogP contribution in [0, 0.1) is 0 Å². The Bertz CT molecular complexity index is 1440. The normalized spacial score (nSPS) is 12.9. The largest absolute Gasteiger partial charge is 0.462 e. The van der Waals surface area contributed by atoms with Gasteiger partial charge in [0, 0.05) is 19.3 Å². The number of esters is 3. The van der Waals surface area contributed by atoms with Crippen LogP contribution in [0.25, 0.3) is 0 Å².